The van der Waals surface area contributed by atoms with Crippen molar-refractivity contribution in [3.63, 3.8) is 0 Å². The van der Waals surface area contributed by atoms with Gasteiger partial charge in [-0.3, -0.25) is 0 Å². The van der Waals surface area contributed by atoms with Crippen LogP contribution in [-0.4, -0.2) is 4.21 Å². The largest absolute Gasteiger partial charge is 0.218 e. The molecule has 1 rings (SSSR count). The van der Waals surface area contributed by atoms with Gasteiger partial charge in [-0.05, 0) is 12.1 Å². The number of benzene rings is 1. The van der Waals surface area contributed by atoms with E-state index < -0.39 is 10.0 Å². The molecule has 0 aromatic heterocycles. The van der Waals surface area contributed by atoms with Crippen LogP contribution in [0.25, 0.3) is 0 Å². The Morgan fingerprint density at radius 1 is 1.42 bits per heavy atom. The van der Waals surface area contributed by atoms with Crippen molar-refractivity contribution >= 4 is 33.0 Å². The summed E-state index contributed by atoms with van der Waals surface area (Å²) in [6.45, 7) is 0. The zero-order chi connectivity index (χ0) is 9.03. The monoisotopic (exact) mass is 298 g/mol. The van der Waals surface area contributed by atoms with Crippen LogP contribution in [0.4, 0.5) is 0 Å². The first-order valence-corrected chi connectivity index (χ1v) is 5.36. The fraction of sp³-hybridized carbons (Fsp3) is 0. The summed E-state index contributed by atoms with van der Waals surface area (Å²) in [6.07, 6.45) is 0. The molecule has 1 aromatic carbocycles. The standard InChI is InChI=1S/C6H7IN2O2S/c7-11-12(10,9-8)6-4-2-1-3-5-6/h1-5H,8H2. The first kappa shape index (κ1) is 9.90. The van der Waals surface area contributed by atoms with Gasteiger partial charge in [0.25, 0.3) is 0 Å². The minimum atomic E-state index is -2.85. The lowest BCUT2D eigenvalue weighted by molar-refractivity contribution is 0.618. The highest BCUT2D eigenvalue weighted by Gasteiger charge is 2.09. The molecule has 0 aliphatic heterocycles. The van der Waals surface area contributed by atoms with E-state index in [0.717, 1.165) is 0 Å². The van der Waals surface area contributed by atoms with Crippen LogP contribution in [0.15, 0.2) is 39.7 Å². The molecule has 2 N–H and O–H groups in total. The molecule has 0 heterocycles. The molecule has 0 aliphatic rings. The van der Waals surface area contributed by atoms with Gasteiger partial charge >= 0.3 is 0 Å². The van der Waals surface area contributed by atoms with E-state index in [4.69, 9.17) is 5.84 Å². The summed E-state index contributed by atoms with van der Waals surface area (Å²) in [6, 6.07) is 8.60. The molecule has 1 atom stereocenters. The van der Waals surface area contributed by atoms with Gasteiger partial charge in [0.1, 0.15) is 23.0 Å². The first-order valence-electron chi connectivity index (χ1n) is 3.04. The van der Waals surface area contributed by atoms with E-state index in [1.165, 1.54) is 23.0 Å². The highest BCUT2D eigenvalue weighted by Crippen LogP contribution is 2.15. The molecular weight excluding hydrogens is 291 g/mol. The summed E-state index contributed by atoms with van der Waals surface area (Å²) < 4.78 is 19.5. The normalized spacial score (nSPS) is 15.2. The summed E-state index contributed by atoms with van der Waals surface area (Å²) in [7, 11) is -2.85. The number of hydrogen-bond acceptors (Lipinski definition) is 3. The zero-order valence-corrected chi connectivity index (χ0v) is 8.99. The maximum atomic E-state index is 11.6. The number of nitrogens with zero attached hydrogens (tertiary/aromatic N) is 1. The third kappa shape index (κ3) is 1.94. The summed E-state index contributed by atoms with van der Waals surface area (Å²) in [5, 5.41) is 0. The van der Waals surface area contributed by atoms with Crippen LogP contribution in [-0.2, 0) is 12.5 Å². The van der Waals surface area contributed by atoms with Crippen molar-refractivity contribution in [2.24, 2.45) is 10.3 Å². The summed E-state index contributed by atoms with van der Waals surface area (Å²) in [5.41, 5.74) is 0. The molecule has 0 spiro atoms. The Bertz CT molecular complexity index is 359. The molecule has 0 radical (unpaired) electrons. The van der Waals surface area contributed by atoms with Crippen molar-refractivity contribution in [1.29, 1.82) is 0 Å². The minimum Gasteiger partial charge on any atom is -0.216 e. The molecule has 0 aliphatic carbocycles. The second-order valence-electron chi connectivity index (χ2n) is 1.96. The maximum Gasteiger partial charge on any atom is 0.218 e. The van der Waals surface area contributed by atoms with Gasteiger partial charge in [-0.15, -0.1) is 4.47 Å². The Morgan fingerprint density at radius 3 is 2.42 bits per heavy atom. The summed E-state index contributed by atoms with van der Waals surface area (Å²) in [5.74, 6) is 4.97. The highest BCUT2D eigenvalue weighted by atomic mass is 127. The van der Waals surface area contributed by atoms with Gasteiger partial charge in [0, 0.05) is 0 Å². The molecule has 66 valence electrons. The van der Waals surface area contributed by atoms with Crippen LogP contribution in [0.3, 0.4) is 0 Å². The Balaban J connectivity index is 3.24. The van der Waals surface area contributed by atoms with Crippen molar-refractivity contribution in [2.45, 2.75) is 4.90 Å². The average Bonchev–Trinajstić information content (AvgIpc) is 2.18. The first-order chi connectivity index (χ1) is 5.73. The third-order valence-electron chi connectivity index (χ3n) is 1.27. The molecule has 0 saturated heterocycles. The predicted molar refractivity (Wildman–Crippen MR) is 54.6 cm³/mol. The lowest BCUT2D eigenvalue weighted by Gasteiger charge is -2.02. The Kier molecular flexibility index (Phi) is 3.44. The van der Waals surface area contributed by atoms with E-state index in [9.17, 15) is 4.21 Å². The molecule has 0 fully saturated rings. The van der Waals surface area contributed by atoms with E-state index >= 15 is 0 Å². The van der Waals surface area contributed by atoms with Gasteiger partial charge in [0.2, 0.25) is 10.0 Å². The van der Waals surface area contributed by atoms with E-state index in [2.05, 4.69) is 6.98 Å². The topological polar surface area (TPSA) is 64.7 Å². The lowest BCUT2D eigenvalue weighted by Crippen LogP contribution is -2.02. The molecule has 0 bridgehead atoms. The molecule has 12 heavy (non-hydrogen) atoms. The van der Waals surface area contributed by atoms with E-state index in [1.54, 1.807) is 24.3 Å². The molecule has 1 aromatic rings. The van der Waals surface area contributed by atoms with Crippen LogP contribution in [0, 0.1) is 0 Å². The molecule has 0 amide bonds. The molecule has 0 saturated carbocycles. The second-order valence-corrected chi connectivity index (χ2v) is 4.79. The fourth-order valence-corrected chi connectivity index (χ4v) is 2.34. The molecule has 6 heteroatoms. The number of rotatable bonds is 2. The second kappa shape index (κ2) is 4.17. The van der Waals surface area contributed by atoms with Gasteiger partial charge in [-0.1, -0.05) is 18.2 Å². The van der Waals surface area contributed by atoms with Gasteiger partial charge in [-0.2, -0.15) is 0 Å². The van der Waals surface area contributed by atoms with Gasteiger partial charge in [0.05, 0.1) is 4.90 Å². The zero-order valence-electron chi connectivity index (χ0n) is 6.01. The SMILES string of the molecule is NN=S(=O)(OI)c1ccccc1. The molecule has 4 nitrogen and oxygen atoms in total. The third-order valence-corrected chi connectivity index (χ3v) is 4.04. The number of hydrogen-bond donors (Lipinski definition) is 1. The van der Waals surface area contributed by atoms with E-state index in [1.807, 2.05) is 6.07 Å². The van der Waals surface area contributed by atoms with Crippen LogP contribution < -0.4 is 5.84 Å². The minimum absolute atomic E-state index is 0.474. The van der Waals surface area contributed by atoms with Gasteiger partial charge < -0.3 is 0 Å². The molecular formula is C6H7IN2O2S. The quantitative estimate of drug-likeness (QED) is 0.513. The van der Waals surface area contributed by atoms with Crippen LogP contribution >= 0.6 is 23.0 Å². The lowest BCUT2D eigenvalue weighted by atomic mass is 10.4. The van der Waals surface area contributed by atoms with E-state index in [-0.39, 0.29) is 0 Å². The Labute approximate surface area is 85.2 Å². The van der Waals surface area contributed by atoms with Gasteiger partial charge in [-0.25, -0.2) is 12.6 Å². The summed E-state index contributed by atoms with van der Waals surface area (Å²) in [4.78, 5) is 0.474. The van der Waals surface area contributed by atoms with Crippen LogP contribution in [0.1, 0.15) is 0 Å². The van der Waals surface area contributed by atoms with Crippen molar-refractivity contribution in [1.82, 2.24) is 0 Å². The Morgan fingerprint density at radius 2 is 2.00 bits per heavy atom. The maximum absolute atomic E-state index is 11.6. The van der Waals surface area contributed by atoms with Crippen molar-refractivity contribution in [2.75, 3.05) is 0 Å². The van der Waals surface area contributed by atoms with Crippen LogP contribution in [0.2, 0.25) is 0 Å². The fourth-order valence-electron chi connectivity index (χ4n) is 0.706. The average molecular weight is 298 g/mol. The van der Waals surface area contributed by atoms with E-state index in [0.29, 0.717) is 4.90 Å². The smallest absolute Gasteiger partial charge is 0.216 e. The van der Waals surface area contributed by atoms with Crippen molar-refractivity contribution < 1.29 is 6.72 Å². The van der Waals surface area contributed by atoms with Gasteiger partial charge in [0.15, 0.2) is 0 Å². The predicted octanol–water partition coefficient (Wildman–Crippen LogP) is 1.67. The Hall–Kier alpha value is -0.180. The van der Waals surface area contributed by atoms with Crippen molar-refractivity contribution in [3.05, 3.63) is 30.3 Å². The number of nitrogens with two attached hydrogens (primary N) is 1. The number of halogens is 1. The highest BCUT2D eigenvalue weighted by molar-refractivity contribution is 14.1. The van der Waals surface area contributed by atoms with Crippen LogP contribution in [0.5, 0.6) is 0 Å². The molecule has 1 unspecified atom stereocenters. The van der Waals surface area contributed by atoms with Crippen molar-refractivity contribution in [3.8, 4) is 0 Å². The summed E-state index contributed by atoms with van der Waals surface area (Å²) >= 11 is 1.52.